The van der Waals surface area contributed by atoms with Crippen LogP contribution in [-0.4, -0.2) is 127 Å². The van der Waals surface area contributed by atoms with Crippen molar-refractivity contribution in [2.45, 2.75) is 97.8 Å². The number of hydrogen-bond acceptors (Lipinski definition) is 9. The Hall–Kier alpha value is -5.44. The number of aromatic hydroxyl groups is 1. The zero-order valence-electron chi connectivity index (χ0n) is 38.6. The standard InChI is InChI=1S/C50H66N6O8/c1-8-55-43-18-17-34-28-39(43)40(45(55)38-15-12-10-9-11-14-35(38)30-62-7)29-50(4,5)31-64-48(60)41-16-13-19-56(52-41)47(59)42(26-33-24-36(34)27-37(57)25-33)51-46(58)44(32(2)3)53(6)49(61)54-20-22-63-23-21-54/h11-12,14-15,17-18,24-25,27-28,32,41-42,44,52,57H,8-10,13,16,19-23,26,29-31H2,1-7H3,(H,51,58)/b14-11-,15-12+,38-35-/t41-,42-,44-/m0/s1. The average molecular weight is 879 g/mol. The number of cyclic esters (lactones) is 1. The van der Waals surface area contributed by atoms with Crippen molar-refractivity contribution < 1.29 is 38.5 Å². The maximum Gasteiger partial charge on any atom is 0.324 e. The number of esters is 1. The molecule has 0 spiro atoms. The van der Waals surface area contributed by atoms with Crippen LogP contribution in [0.25, 0.3) is 27.6 Å². The third-order valence-corrected chi connectivity index (χ3v) is 12.8. The van der Waals surface area contributed by atoms with E-state index in [2.05, 4.69) is 78.6 Å². The summed E-state index contributed by atoms with van der Waals surface area (Å²) in [6.45, 7) is 13.4. The van der Waals surface area contributed by atoms with Gasteiger partial charge in [-0.2, -0.15) is 0 Å². The van der Waals surface area contributed by atoms with Crippen LogP contribution in [0.5, 0.6) is 5.75 Å². The molecular weight excluding hydrogens is 813 g/mol. The number of hydrogen-bond donors (Lipinski definition) is 3. The zero-order valence-corrected chi connectivity index (χ0v) is 38.6. The number of carbonyl (C=O) groups excluding carboxylic acids is 4. The van der Waals surface area contributed by atoms with Crippen molar-refractivity contribution in [1.82, 2.24) is 30.1 Å². The molecule has 14 nitrogen and oxygen atoms in total. The van der Waals surface area contributed by atoms with Gasteiger partial charge in [-0.15, -0.1) is 0 Å². The maximum atomic E-state index is 14.7. The van der Waals surface area contributed by atoms with Gasteiger partial charge in [-0.05, 0) is 97.0 Å². The second kappa shape index (κ2) is 20.2. The van der Waals surface area contributed by atoms with Crippen LogP contribution in [0.15, 0.2) is 66.3 Å². The Labute approximate surface area is 377 Å². The number of morpholine rings is 1. The smallest absolute Gasteiger partial charge is 0.324 e. The lowest BCUT2D eigenvalue weighted by Gasteiger charge is -2.38. The van der Waals surface area contributed by atoms with Crippen LogP contribution >= 0.6 is 0 Å². The van der Waals surface area contributed by atoms with Crippen LogP contribution in [0, 0.1) is 11.3 Å². The van der Waals surface area contributed by atoms with Gasteiger partial charge in [0.2, 0.25) is 5.91 Å². The van der Waals surface area contributed by atoms with Crippen LogP contribution < -0.4 is 10.7 Å². The maximum absolute atomic E-state index is 14.7. The van der Waals surface area contributed by atoms with E-state index in [0.717, 1.165) is 57.3 Å². The Morgan fingerprint density at radius 2 is 1.78 bits per heavy atom. The van der Waals surface area contributed by atoms with E-state index >= 15 is 0 Å². The molecule has 1 aromatic heterocycles. The number of phenolic OH excluding ortho intramolecular Hbond substituents is 1. The van der Waals surface area contributed by atoms with Crippen LogP contribution in [0.2, 0.25) is 0 Å². The van der Waals surface area contributed by atoms with Gasteiger partial charge < -0.3 is 39.0 Å². The monoisotopic (exact) mass is 878 g/mol. The van der Waals surface area contributed by atoms with Crippen molar-refractivity contribution in [2.75, 3.05) is 60.2 Å². The van der Waals surface area contributed by atoms with Crippen molar-refractivity contribution in [3.8, 4) is 16.9 Å². The Kier molecular flexibility index (Phi) is 14.7. The highest BCUT2D eigenvalue weighted by molar-refractivity contribution is 5.96. The molecule has 0 saturated carbocycles. The number of methoxy groups -OCH3 is 1. The van der Waals surface area contributed by atoms with E-state index in [-0.39, 0.29) is 30.7 Å². The first-order valence-electron chi connectivity index (χ1n) is 22.9. The summed E-state index contributed by atoms with van der Waals surface area (Å²) in [5, 5.41) is 16.8. The van der Waals surface area contributed by atoms with E-state index in [4.69, 9.17) is 14.2 Å². The summed E-state index contributed by atoms with van der Waals surface area (Å²) in [4.78, 5) is 59.8. The lowest BCUT2D eigenvalue weighted by Crippen LogP contribution is -2.62. The molecule has 344 valence electrons. The van der Waals surface area contributed by atoms with E-state index in [1.165, 1.54) is 9.91 Å². The number of aromatic nitrogens is 1. The van der Waals surface area contributed by atoms with E-state index in [0.29, 0.717) is 70.8 Å². The number of benzene rings is 2. The number of fused-ring (bicyclic) bond motifs is 6. The average Bonchev–Trinajstić information content (AvgIpc) is 3.56. The minimum Gasteiger partial charge on any atom is -0.508 e. The summed E-state index contributed by atoms with van der Waals surface area (Å²) in [6.07, 6.45) is 12.3. The Balaban J connectivity index is 1.34. The van der Waals surface area contributed by atoms with Crippen molar-refractivity contribution in [3.05, 3.63) is 83.1 Å². The normalized spacial score (nSPS) is 23.4. The molecule has 1 aliphatic carbocycles. The summed E-state index contributed by atoms with van der Waals surface area (Å²) < 4.78 is 19.7. The number of phenols is 1. The van der Waals surface area contributed by atoms with Crippen molar-refractivity contribution in [1.29, 1.82) is 0 Å². The van der Waals surface area contributed by atoms with Gasteiger partial charge in [0.05, 0.1) is 32.1 Å². The Bertz CT molecular complexity index is 2320. The highest BCUT2D eigenvalue weighted by atomic mass is 16.5. The van der Waals surface area contributed by atoms with E-state index in [1.807, 2.05) is 19.9 Å². The number of carbonyl (C=O) groups is 4. The molecule has 7 rings (SSSR count). The second-order valence-electron chi connectivity index (χ2n) is 18.7. The predicted octanol–water partition coefficient (Wildman–Crippen LogP) is 6.40. The molecule has 0 radical (unpaired) electrons. The van der Waals surface area contributed by atoms with Crippen LogP contribution in [0.4, 0.5) is 4.79 Å². The Morgan fingerprint density at radius 1 is 1.03 bits per heavy atom. The molecule has 4 heterocycles. The van der Waals surface area contributed by atoms with Crippen LogP contribution in [0.3, 0.4) is 0 Å². The second-order valence-corrected chi connectivity index (χ2v) is 18.7. The van der Waals surface area contributed by atoms with Crippen LogP contribution in [0.1, 0.15) is 77.1 Å². The zero-order chi connectivity index (χ0) is 45.7. The quantitative estimate of drug-likeness (QED) is 0.218. The molecular formula is C50H66N6O8. The minimum absolute atomic E-state index is 0.0170. The van der Waals surface area contributed by atoms with Gasteiger partial charge in [-0.3, -0.25) is 19.4 Å². The number of likely N-dealkylation sites (N-methyl/N-ethyl adjacent to an activating group) is 1. The molecule has 14 heteroatoms. The van der Waals surface area contributed by atoms with E-state index in [1.54, 1.807) is 31.2 Å². The van der Waals surface area contributed by atoms with Crippen molar-refractivity contribution in [2.24, 2.45) is 11.3 Å². The highest BCUT2D eigenvalue weighted by Crippen LogP contribution is 2.40. The number of urea groups is 1. The number of nitrogens with zero attached hydrogens (tertiary/aromatic N) is 4. The summed E-state index contributed by atoms with van der Waals surface area (Å²) >= 11 is 0. The number of rotatable bonds is 8. The lowest BCUT2D eigenvalue weighted by molar-refractivity contribution is -0.155. The third kappa shape index (κ3) is 10.2. The number of aryl methyl sites for hydroxylation is 1. The predicted molar refractivity (Wildman–Crippen MR) is 247 cm³/mol. The molecule has 4 aliphatic rings. The fraction of sp³-hybridized carbons (Fsp3) is 0.520. The molecule has 3 aromatic rings. The number of hydrazine groups is 1. The van der Waals surface area contributed by atoms with E-state index in [9.17, 15) is 24.3 Å². The van der Waals surface area contributed by atoms with Crippen molar-refractivity contribution in [3.63, 3.8) is 0 Å². The highest BCUT2D eigenvalue weighted by Gasteiger charge is 2.38. The first kappa shape index (κ1) is 46.5. The largest absolute Gasteiger partial charge is 0.508 e. The number of nitrogens with one attached hydrogen (secondary N) is 2. The van der Waals surface area contributed by atoms with Gasteiger partial charge in [0.15, 0.2) is 0 Å². The first-order chi connectivity index (χ1) is 30.7. The summed E-state index contributed by atoms with van der Waals surface area (Å²) in [5.74, 6) is -1.66. The number of amides is 4. The van der Waals surface area contributed by atoms with Gasteiger partial charge in [-0.25, -0.2) is 10.2 Å². The number of allylic oxidation sites excluding steroid dienone is 4. The molecule has 64 heavy (non-hydrogen) atoms. The van der Waals surface area contributed by atoms with Gasteiger partial charge in [0, 0.05) is 68.6 Å². The molecule has 6 bridgehead atoms. The Morgan fingerprint density at radius 3 is 2.50 bits per heavy atom. The summed E-state index contributed by atoms with van der Waals surface area (Å²) in [7, 11) is 3.33. The minimum atomic E-state index is -1.12. The van der Waals surface area contributed by atoms with Gasteiger partial charge >= 0.3 is 12.0 Å². The lowest BCUT2D eigenvalue weighted by atomic mass is 9.83. The molecule has 3 atom stereocenters. The topological polar surface area (TPSA) is 155 Å². The van der Waals surface area contributed by atoms with Gasteiger partial charge in [0.1, 0.15) is 23.9 Å². The van der Waals surface area contributed by atoms with Crippen LogP contribution in [-0.2, 0) is 48.0 Å². The molecule has 3 aliphatic heterocycles. The first-order valence-corrected chi connectivity index (χ1v) is 22.9. The summed E-state index contributed by atoms with van der Waals surface area (Å²) in [6, 6.07) is 8.55. The van der Waals surface area contributed by atoms with Crippen molar-refractivity contribution >= 4 is 40.3 Å². The fourth-order valence-corrected chi connectivity index (χ4v) is 9.62. The molecule has 4 amide bonds. The summed E-state index contributed by atoms with van der Waals surface area (Å²) in [5.41, 5.74) is 10.3. The molecule has 2 saturated heterocycles. The third-order valence-electron chi connectivity index (χ3n) is 12.8. The van der Waals surface area contributed by atoms with Gasteiger partial charge in [0.25, 0.3) is 5.91 Å². The molecule has 2 fully saturated rings. The molecule has 3 N–H and O–H groups in total. The SMILES string of the molecule is CCn1c(C2=C(COC)/C=C\CC\C=C\2)c2c3cc(ccc31)-c1cc(O)cc(c1)C[C@H](NC(=O)[C@H](C(C)C)N(C)C(=O)N1CCOCC1)C(=O)N1CCC[C@H](N1)C(=O)OCC(C)(C)C2. The fourth-order valence-electron chi connectivity index (χ4n) is 9.62. The molecule has 2 aromatic carbocycles. The van der Waals surface area contributed by atoms with E-state index < -0.39 is 41.3 Å². The number of ether oxygens (including phenoxy) is 3. The molecule has 0 unspecified atom stereocenters. The van der Waals surface area contributed by atoms with Gasteiger partial charge in [-0.1, -0.05) is 64.1 Å².